The molecule has 0 bridgehead atoms. The van der Waals surface area contributed by atoms with Gasteiger partial charge in [0.25, 0.3) is 11.8 Å². The van der Waals surface area contributed by atoms with Gasteiger partial charge in [-0.05, 0) is 30.3 Å². The predicted molar refractivity (Wildman–Crippen MR) is 108 cm³/mol. The number of hydrogen-bond donors (Lipinski definition) is 3. The molecule has 3 aromatic rings. The minimum Gasteiger partial charge on any atom is -0.493 e. The van der Waals surface area contributed by atoms with Crippen LogP contribution >= 0.6 is 0 Å². The maximum Gasteiger partial charge on any atom is 0.278 e. The van der Waals surface area contributed by atoms with Gasteiger partial charge >= 0.3 is 0 Å². The summed E-state index contributed by atoms with van der Waals surface area (Å²) in [4.78, 5) is 32.2. The fourth-order valence-corrected chi connectivity index (χ4v) is 2.47. The zero-order valence-corrected chi connectivity index (χ0v) is 15.6. The van der Waals surface area contributed by atoms with Crippen LogP contribution in [0.3, 0.4) is 0 Å². The zero-order valence-electron chi connectivity index (χ0n) is 15.6. The second kappa shape index (κ2) is 9.18. The number of nitrogens with zero attached hydrogens (tertiary/aromatic N) is 2. The molecule has 2 aromatic carbocycles. The maximum absolute atomic E-state index is 12.3. The second-order valence-corrected chi connectivity index (χ2v) is 5.81. The quantitative estimate of drug-likeness (QED) is 0.562. The summed E-state index contributed by atoms with van der Waals surface area (Å²) in [6.07, 6.45) is 2.78. The number of methoxy groups -OCH3 is 1. The van der Waals surface area contributed by atoms with E-state index in [1.165, 1.54) is 19.5 Å². The molecule has 0 atom stereocenters. The fraction of sp³-hybridized carbons (Fsp3) is 0.100. The predicted octanol–water partition coefficient (Wildman–Crippen LogP) is 2.34. The molecule has 1 aromatic heterocycles. The van der Waals surface area contributed by atoms with Gasteiger partial charge in [0, 0.05) is 23.8 Å². The van der Waals surface area contributed by atoms with Gasteiger partial charge in [0.2, 0.25) is 0 Å². The van der Waals surface area contributed by atoms with Crippen LogP contribution in [0.15, 0.2) is 60.9 Å². The van der Waals surface area contributed by atoms with Gasteiger partial charge in [-0.25, -0.2) is 9.97 Å². The van der Waals surface area contributed by atoms with Crippen LogP contribution in [-0.2, 0) is 4.79 Å². The first-order chi connectivity index (χ1) is 14.1. The average molecular weight is 393 g/mol. The van der Waals surface area contributed by atoms with Gasteiger partial charge in [-0.2, -0.15) is 0 Å². The third-order valence-corrected chi connectivity index (χ3v) is 3.77. The Kier molecular flexibility index (Phi) is 6.21. The van der Waals surface area contributed by atoms with E-state index in [4.69, 9.17) is 15.2 Å². The standard InChI is InChI=1S/C20H19N5O4/c1-28-15-7-2-3-8-16(15)29-12-17(26)24-13-5-4-6-14(11-13)25-20(27)18-19(21)23-10-9-22-18/h2-11H,12H2,1H3,(H2,21,23)(H,24,26)(H,25,27). The summed E-state index contributed by atoms with van der Waals surface area (Å²) in [6, 6.07) is 13.7. The molecule has 0 fully saturated rings. The van der Waals surface area contributed by atoms with E-state index in [1.807, 2.05) is 0 Å². The number of hydrogen-bond acceptors (Lipinski definition) is 7. The molecular weight excluding hydrogens is 374 g/mol. The Balaban J connectivity index is 1.60. The number of carbonyl (C=O) groups excluding carboxylic acids is 2. The van der Waals surface area contributed by atoms with Gasteiger partial charge in [-0.1, -0.05) is 18.2 Å². The number of amides is 2. The monoisotopic (exact) mass is 393 g/mol. The van der Waals surface area contributed by atoms with Crippen molar-refractivity contribution >= 4 is 29.0 Å². The highest BCUT2D eigenvalue weighted by Crippen LogP contribution is 2.25. The molecule has 9 nitrogen and oxygen atoms in total. The number of aromatic nitrogens is 2. The summed E-state index contributed by atoms with van der Waals surface area (Å²) in [5.74, 6) is 0.167. The van der Waals surface area contributed by atoms with Gasteiger partial charge in [0.05, 0.1) is 7.11 Å². The van der Waals surface area contributed by atoms with Crippen molar-refractivity contribution in [2.24, 2.45) is 0 Å². The number of para-hydroxylation sites is 2. The van der Waals surface area contributed by atoms with Crippen molar-refractivity contribution in [2.75, 3.05) is 30.1 Å². The number of nitrogens with two attached hydrogens (primary N) is 1. The van der Waals surface area contributed by atoms with E-state index in [9.17, 15) is 9.59 Å². The van der Waals surface area contributed by atoms with Crippen LogP contribution in [0, 0.1) is 0 Å². The van der Waals surface area contributed by atoms with Crippen molar-refractivity contribution in [3.63, 3.8) is 0 Å². The molecule has 0 unspecified atom stereocenters. The smallest absolute Gasteiger partial charge is 0.278 e. The van der Waals surface area contributed by atoms with E-state index in [0.717, 1.165) is 0 Å². The number of benzene rings is 2. The summed E-state index contributed by atoms with van der Waals surface area (Å²) >= 11 is 0. The highest BCUT2D eigenvalue weighted by atomic mass is 16.5. The van der Waals surface area contributed by atoms with Crippen LogP contribution in [0.5, 0.6) is 11.5 Å². The number of anilines is 3. The topological polar surface area (TPSA) is 128 Å². The maximum atomic E-state index is 12.3. The Morgan fingerprint density at radius 3 is 2.38 bits per heavy atom. The molecule has 9 heteroatoms. The molecule has 0 saturated carbocycles. The Labute approximate surface area is 166 Å². The first-order valence-electron chi connectivity index (χ1n) is 8.60. The molecule has 0 saturated heterocycles. The average Bonchev–Trinajstić information content (AvgIpc) is 2.73. The summed E-state index contributed by atoms with van der Waals surface area (Å²) < 4.78 is 10.7. The normalized spacial score (nSPS) is 10.1. The molecular formula is C20H19N5O4. The Morgan fingerprint density at radius 1 is 0.966 bits per heavy atom. The number of rotatable bonds is 7. The van der Waals surface area contributed by atoms with E-state index >= 15 is 0 Å². The minimum absolute atomic E-state index is 0.0205. The van der Waals surface area contributed by atoms with Crippen molar-refractivity contribution in [3.8, 4) is 11.5 Å². The van der Waals surface area contributed by atoms with E-state index in [1.54, 1.807) is 48.5 Å². The van der Waals surface area contributed by atoms with Crippen LogP contribution in [-0.4, -0.2) is 35.5 Å². The van der Waals surface area contributed by atoms with E-state index in [-0.39, 0.29) is 24.0 Å². The van der Waals surface area contributed by atoms with Gasteiger partial charge < -0.3 is 25.8 Å². The summed E-state index contributed by atoms with van der Waals surface area (Å²) in [6.45, 7) is -0.201. The number of carbonyl (C=O) groups is 2. The van der Waals surface area contributed by atoms with Crippen LogP contribution in [0.25, 0.3) is 0 Å². The molecule has 0 aliphatic carbocycles. The molecule has 2 amide bonds. The summed E-state index contributed by atoms with van der Waals surface area (Å²) in [7, 11) is 1.52. The lowest BCUT2D eigenvalue weighted by molar-refractivity contribution is -0.118. The highest BCUT2D eigenvalue weighted by molar-refractivity contribution is 6.06. The lowest BCUT2D eigenvalue weighted by Gasteiger charge is -2.11. The first-order valence-corrected chi connectivity index (χ1v) is 8.60. The molecule has 3 rings (SSSR count). The van der Waals surface area contributed by atoms with Crippen LogP contribution in [0.4, 0.5) is 17.2 Å². The number of ether oxygens (including phenoxy) is 2. The highest BCUT2D eigenvalue weighted by Gasteiger charge is 2.13. The summed E-state index contributed by atoms with van der Waals surface area (Å²) in [5.41, 5.74) is 6.63. The van der Waals surface area contributed by atoms with Gasteiger partial charge in [0.15, 0.2) is 29.6 Å². The van der Waals surface area contributed by atoms with Crippen molar-refractivity contribution < 1.29 is 19.1 Å². The van der Waals surface area contributed by atoms with Crippen LogP contribution in [0.2, 0.25) is 0 Å². The third kappa shape index (κ3) is 5.19. The molecule has 0 radical (unpaired) electrons. The Morgan fingerprint density at radius 2 is 1.66 bits per heavy atom. The molecule has 0 aliphatic rings. The van der Waals surface area contributed by atoms with E-state index in [2.05, 4.69) is 20.6 Å². The molecule has 4 N–H and O–H groups in total. The lowest BCUT2D eigenvalue weighted by Crippen LogP contribution is -2.20. The molecule has 29 heavy (non-hydrogen) atoms. The van der Waals surface area contributed by atoms with Gasteiger partial charge in [-0.15, -0.1) is 0 Å². The Hall–Kier alpha value is -4.14. The van der Waals surface area contributed by atoms with E-state index in [0.29, 0.717) is 22.9 Å². The van der Waals surface area contributed by atoms with Crippen molar-refractivity contribution in [2.45, 2.75) is 0 Å². The van der Waals surface area contributed by atoms with Crippen molar-refractivity contribution in [1.82, 2.24) is 9.97 Å². The zero-order chi connectivity index (χ0) is 20.6. The van der Waals surface area contributed by atoms with Gasteiger partial charge in [0.1, 0.15) is 0 Å². The second-order valence-electron chi connectivity index (χ2n) is 5.81. The van der Waals surface area contributed by atoms with Crippen molar-refractivity contribution in [1.29, 1.82) is 0 Å². The SMILES string of the molecule is COc1ccccc1OCC(=O)Nc1cccc(NC(=O)c2nccnc2N)c1. The Bertz CT molecular complexity index is 1030. The number of nitrogens with one attached hydrogen (secondary N) is 2. The third-order valence-electron chi connectivity index (χ3n) is 3.77. The number of nitrogen functional groups attached to an aromatic ring is 1. The fourth-order valence-electron chi connectivity index (χ4n) is 2.47. The first kappa shape index (κ1) is 19.6. The van der Waals surface area contributed by atoms with E-state index < -0.39 is 5.91 Å². The lowest BCUT2D eigenvalue weighted by atomic mass is 10.2. The van der Waals surface area contributed by atoms with Crippen LogP contribution in [0.1, 0.15) is 10.5 Å². The largest absolute Gasteiger partial charge is 0.493 e. The molecule has 148 valence electrons. The molecule has 0 aliphatic heterocycles. The molecule has 1 heterocycles. The minimum atomic E-state index is -0.501. The molecule has 0 spiro atoms. The van der Waals surface area contributed by atoms with Crippen molar-refractivity contribution in [3.05, 3.63) is 66.6 Å². The summed E-state index contributed by atoms with van der Waals surface area (Å²) in [5, 5.41) is 5.37. The van der Waals surface area contributed by atoms with Crippen LogP contribution < -0.4 is 25.8 Å². The van der Waals surface area contributed by atoms with Gasteiger partial charge in [-0.3, -0.25) is 9.59 Å².